The quantitative estimate of drug-likeness (QED) is 0.756. The second-order valence-corrected chi connectivity index (χ2v) is 6.26. The molecule has 0 saturated carbocycles. The monoisotopic (exact) mass is 373 g/mol. The number of halogens is 2. The van der Waals surface area contributed by atoms with Gasteiger partial charge in [-0.3, -0.25) is 9.59 Å². The summed E-state index contributed by atoms with van der Waals surface area (Å²) in [6, 6.07) is 5.52. The molecule has 0 radical (unpaired) electrons. The number of Topliss-reactive ketones (excluding diaryl/α,β-unsaturated/α-hetero) is 1. The minimum atomic E-state index is -0.0615. The number of rotatable bonds is 1. The third-order valence-corrected chi connectivity index (χ3v) is 4.30. The van der Waals surface area contributed by atoms with Crippen LogP contribution >= 0.6 is 31.9 Å². The highest BCUT2D eigenvalue weighted by molar-refractivity contribution is 9.11. The molecule has 1 amide bonds. The van der Waals surface area contributed by atoms with Gasteiger partial charge < -0.3 is 4.90 Å². The molecule has 1 aliphatic heterocycles. The Bertz CT molecular complexity index is 502. The van der Waals surface area contributed by atoms with Crippen molar-refractivity contribution in [2.75, 3.05) is 13.1 Å². The smallest absolute Gasteiger partial charge is 0.255 e. The topological polar surface area (TPSA) is 37.4 Å². The first kappa shape index (κ1) is 13.7. The molecule has 5 heteroatoms. The van der Waals surface area contributed by atoms with E-state index >= 15 is 0 Å². The van der Waals surface area contributed by atoms with Crippen LogP contribution in [0.5, 0.6) is 0 Å². The summed E-state index contributed by atoms with van der Waals surface area (Å²) in [5.41, 5.74) is 0.630. The zero-order valence-electron chi connectivity index (χ0n) is 9.95. The minimum absolute atomic E-state index is 0.0254. The normalized spacial score (nSPS) is 20.1. The van der Waals surface area contributed by atoms with Crippen molar-refractivity contribution in [1.82, 2.24) is 4.90 Å². The summed E-state index contributed by atoms with van der Waals surface area (Å²) >= 11 is 6.75. The van der Waals surface area contributed by atoms with Crippen LogP contribution in [0.15, 0.2) is 27.1 Å². The zero-order valence-corrected chi connectivity index (χ0v) is 13.1. The van der Waals surface area contributed by atoms with Crippen molar-refractivity contribution < 1.29 is 9.59 Å². The lowest BCUT2D eigenvalue weighted by atomic mass is 9.98. The highest BCUT2D eigenvalue weighted by atomic mass is 79.9. The Labute approximate surface area is 123 Å². The van der Waals surface area contributed by atoms with E-state index in [1.807, 2.05) is 19.1 Å². The minimum Gasteiger partial charge on any atom is -0.337 e. The number of carbonyl (C=O) groups is 2. The van der Waals surface area contributed by atoms with Gasteiger partial charge >= 0.3 is 0 Å². The Balaban J connectivity index is 2.21. The molecule has 1 fully saturated rings. The molecule has 96 valence electrons. The predicted molar refractivity (Wildman–Crippen MR) is 76.5 cm³/mol. The highest BCUT2D eigenvalue weighted by Crippen LogP contribution is 2.24. The second kappa shape index (κ2) is 5.53. The van der Waals surface area contributed by atoms with Gasteiger partial charge in [0.05, 0.1) is 5.56 Å². The summed E-state index contributed by atoms with van der Waals surface area (Å²) in [4.78, 5) is 25.6. The van der Waals surface area contributed by atoms with Gasteiger partial charge in [0.1, 0.15) is 5.78 Å². The molecular weight excluding hydrogens is 362 g/mol. The van der Waals surface area contributed by atoms with Gasteiger partial charge in [-0.1, -0.05) is 22.9 Å². The first-order valence-corrected chi connectivity index (χ1v) is 7.34. The number of carbonyl (C=O) groups excluding carboxylic acids is 2. The van der Waals surface area contributed by atoms with Gasteiger partial charge in [0.25, 0.3) is 5.91 Å². The second-order valence-electron chi connectivity index (χ2n) is 4.49. The van der Waals surface area contributed by atoms with Crippen LogP contribution in [-0.2, 0) is 4.79 Å². The standard InChI is InChI=1S/C13H13Br2NO2/c1-8-7-16(5-4-12(8)17)13(18)10-6-9(14)2-3-11(10)15/h2-3,6,8H,4-5,7H2,1H3. The summed E-state index contributed by atoms with van der Waals surface area (Å²) < 4.78 is 1.65. The highest BCUT2D eigenvalue weighted by Gasteiger charge is 2.28. The van der Waals surface area contributed by atoms with Crippen LogP contribution in [0.25, 0.3) is 0 Å². The molecule has 1 aromatic rings. The lowest BCUT2D eigenvalue weighted by molar-refractivity contribution is -0.124. The maximum Gasteiger partial charge on any atom is 0.255 e. The summed E-state index contributed by atoms with van der Waals surface area (Å²) in [6.45, 7) is 2.90. The van der Waals surface area contributed by atoms with Crippen molar-refractivity contribution in [2.24, 2.45) is 5.92 Å². The van der Waals surface area contributed by atoms with Gasteiger partial charge in [-0.15, -0.1) is 0 Å². The van der Waals surface area contributed by atoms with Crippen molar-refractivity contribution in [3.05, 3.63) is 32.7 Å². The summed E-state index contributed by atoms with van der Waals surface area (Å²) in [5.74, 6) is 0.156. The number of ketones is 1. The Morgan fingerprint density at radius 1 is 1.39 bits per heavy atom. The van der Waals surface area contributed by atoms with Gasteiger partial charge in [0.15, 0.2) is 0 Å². The average Bonchev–Trinajstić information content (AvgIpc) is 2.35. The lowest BCUT2D eigenvalue weighted by Crippen LogP contribution is -2.43. The molecule has 1 aliphatic rings. The third-order valence-electron chi connectivity index (χ3n) is 3.12. The molecule has 0 spiro atoms. The SMILES string of the molecule is CC1CN(C(=O)c2cc(Br)ccc2Br)CCC1=O. The van der Waals surface area contributed by atoms with Crippen LogP contribution in [-0.4, -0.2) is 29.7 Å². The molecule has 1 atom stereocenters. The number of benzene rings is 1. The number of amides is 1. The average molecular weight is 375 g/mol. The molecule has 0 N–H and O–H groups in total. The molecule has 1 heterocycles. The van der Waals surface area contributed by atoms with E-state index in [-0.39, 0.29) is 17.6 Å². The Kier molecular flexibility index (Phi) is 4.22. The van der Waals surface area contributed by atoms with E-state index in [2.05, 4.69) is 31.9 Å². The lowest BCUT2D eigenvalue weighted by Gasteiger charge is -2.30. The maximum atomic E-state index is 12.4. The summed E-state index contributed by atoms with van der Waals surface area (Å²) in [7, 11) is 0. The Morgan fingerprint density at radius 3 is 2.78 bits per heavy atom. The fraction of sp³-hybridized carbons (Fsp3) is 0.385. The third kappa shape index (κ3) is 2.83. The predicted octanol–water partition coefficient (Wildman–Crippen LogP) is 3.26. The van der Waals surface area contributed by atoms with E-state index in [1.54, 1.807) is 11.0 Å². The van der Waals surface area contributed by atoms with Crippen molar-refractivity contribution in [2.45, 2.75) is 13.3 Å². The fourth-order valence-electron chi connectivity index (χ4n) is 2.03. The van der Waals surface area contributed by atoms with E-state index < -0.39 is 0 Å². The maximum absolute atomic E-state index is 12.4. The molecule has 1 saturated heterocycles. The van der Waals surface area contributed by atoms with Crippen LogP contribution in [0.2, 0.25) is 0 Å². The number of nitrogens with zero attached hydrogens (tertiary/aromatic N) is 1. The molecule has 3 nitrogen and oxygen atoms in total. The molecule has 18 heavy (non-hydrogen) atoms. The van der Waals surface area contributed by atoms with Crippen molar-refractivity contribution in [1.29, 1.82) is 0 Å². The first-order chi connectivity index (χ1) is 8.49. The molecule has 0 aliphatic carbocycles. The van der Waals surface area contributed by atoms with E-state index in [9.17, 15) is 9.59 Å². The van der Waals surface area contributed by atoms with E-state index in [4.69, 9.17) is 0 Å². The zero-order chi connectivity index (χ0) is 13.3. The number of hydrogen-bond acceptors (Lipinski definition) is 2. The van der Waals surface area contributed by atoms with Crippen LogP contribution in [0, 0.1) is 5.92 Å². The summed E-state index contributed by atoms with van der Waals surface area (Å²) in [6.07, 6.45) is 0.457. The van der Waals surface area contributed by atoms with Crippen LogP contribution in [0.3, 0.4) is 0 Å². The number of hydrogen-bond donors (Lipinski definition) is 0. The number of piperidine rings is 1. The summed E-state index contributed by atoms with van der Waals surface area (Å²) in [5, 5.41) is 0. The molecule has 0 bridgehead atoms. The fourth-order valence-corrected chi connectivity index (χ4v) is 2.81. The van der Waals surface area contributed by atoms with Gasteiger partial charge in [-0.25, -0.2) is 0 Å². The van der Waals surface area contributed by atoms with Crippen molar-refractivity contribution >= 4 is 43.6 Å². The molecule has 1 aromatic carbocycles. The Morgan fingerprint density at radius 2 is 2.11 bits per heavy atom. The largest absolute Gasteiger partial charge is 0.337 e. The molecule has 1 unspecified atom stereocenters. The van der Waals surface area contributed by atoms with Crippen molar-refractivity contribution in [3.63, 3.8) is 0 Å². The van der Waals surface area contributed by atoms with Gasteiger partial charge in [0, 0.05) is 34.4 Å². The van der Waals surface area contributed by atoms with Gasteiger partial charge in [-0.05, 0) is 34.1 Å². The number of likely N-dealkylation sites (tertiary alicyclic amines) is 1. The molecule has 2 rings (SSSR count). The van der Waals surface area contributed by atoms with Crippen LogP contribution < -0.4 is 0 Å². The van der Waals surface area contributed by atoms with Gasteiger partial charge in [-0.2, -0.15) is 0 Å². The van der Waals surface area contributed by atoms with E-state index in [0.29, 0.717) is 25.1 Å². The van der Waals surface area contributed by atoms with Crippen LogP contribution in [0.4, 0.5) is 0 Å². The molecular formula is C13H13Br2NO2. The van der Waals surface area contributed by atoms with Crippen LogP contribution in [0.1, 0.15) is 23.7 Å². The van der Waals surface area contributed by atoms with E-state index in [1.165, 1.54) is 0 Å². The van der Waals surface area contributed by atoms with E-state index in [0.717, 1.165) is 8.95 Å². The van der Waals surface area contributed by atoms with Gasteiger partial charge in [0.2, 0.25) is 0 Å². The molecule has 0 aromatic heterocycles. The van der Waals surface area contributed by atoms with Crippen molar-refractivity contribution in [3.8, 4) is 0 Å². The first-order valence-electron chi connectivity index (χ1n) is 5.76. The Hall–Kier alpha value is -0.680.